The lowest BCUT2D eigenvalue weighted by atomic mass is 10.2. The first-order valence-electron chi connectivity index (χ1n) is 5.99. The highest BCUT2D eigenvalue weighted by atomic mass is 32.2. The topological polar surface area (TPSA) is 12.0 Å². The number of alkyl halides is 3. The zero-order valence-electron chi connectivity index (χ0n) is 11.1. The number of halogens is 3. The molecule has 0 aromatic heterocycles. The average Bonchev–Trinajstić information content (AvgIpc) is 2.33. The van der Waals surface area contributed by atoms with E-state index in [1.165, 1.54) is 23.9 Å². The fourth-order valence-electron chi connectivity index (χ4n) is 1.35. The highest BCUT2D eigenvalue weighted by Crippen LogP contribution is 2.32. The van der Waals surface area contributed by atoms with Gasteiger partial charge >= 0.3 is 6.18 Å². The Kier molecular flexibility index (Phi) is 5.94. The number of hydrogen-bond donors (Lipinski definition) is 1. The van der Waals surface area contributed by atoms with E-state index < -0.39 is 11.7 Å². The fourth-order valence-corrected chi connectivity index (χ4v) is 2.21. The summed E-state index contributed by atoms with van der Waals surface area (Å²) in [6.07, 6.45) is -4.28. The summed E-state index contributed by atoms with van der Waals surface area (Å²) in [5, 5.41) is 3.22. The van der Waals surface area contributed by atoms with Crippen LogP contribution in [0.5, 0.6) is 0 Å². The highest BCUT2D eigenvalue weighted by Gasteiger charge is 2.30. The molecule has 1 nitrogen and oxygen atoms in total. The fraction of sp³-hybridized carbons (Fsp3) is 0.429. The molecule has 0 atom stereocenters. The van der Waals surface area contributed by atoms with Gasteiger partial charge in [-0.25, -0.2) is 0 Å². The Morgan fingerprint density at radius 1 is 1.37 bits per heavy atom. The molecule has 0 amide bonds. The van der Waals surface area contributed by atoms with Crippen molar-refractivity contribution in [2.75, 3.05) is 12.3 Å². The number of thioether (sulfide) groups is 1. The molecule has 1 N–H and O–H groups in total. The number of hydrogen-bond acceptors (Lipinski definition) is 2. The molecular formula is C14H18F3NS. The summed E-state index contributed by atoms with van der Waals surface area (Å²) in [5.41, 5.74) is 0.361. The Hall–Kier alpha value is -0.940. The van der Waals surface area contributed by atoms with Gasteiger partial charge in [0.05, 0.1) is 5.56 Å². The van der Waals surface area contributed by atoms with Crippen molar-refractivity contribution in [2.24, 2.45) is 0 Å². The van der Waals surface area contributed by atoms with Crippen LogP contribution in [-0.4, -0.2) is 18.3 Å². The van der Waals surface area contributed by atoms with Crippen LogP contribution < -0.4 is 5.32 Å². The molecule has 0 fully saturated rings. The maximum Gasteiger partial charge on any atom is 0.416 e. The SMILES string of the molecule is C=C(CNC(C)C)CSc1cccc(C(F)(F)F)c1. The molecule has 0 aliphatic carbocycles. The van der Waals surface area contributed by atoms with Gasteiger partial charge in [0.15, 0.2) is 0 Å². The van der Waals surface area contributed by atoms with Crippen molar-refractivity contribution in [3.63, 3.8) is 0 Å². The first-order chi connectivity index (χ1) is 8.79. The molecule has 1 aromatic carbocycles. The average molecular weight is 289 g/mol. The van der Waals surface area contributed by atoms with E-state index in [0.29, 0.717) is 23.2 Å². The van der Waals surface area contributed by atoms with E-state index in [1.807, 2.05) is 13.8 Å². The minimum Gasteiger partial charge on any atom is -0.311 e. The monoisotopic (exact) mass is 289 g/mol. The van der Waals surface area contributed by atoms with Crippen LogP contribution in [0.4, 0.5) is 13.2 Å². The molecule has 0 unspecified atom stereocenters. The van der Waals surface area contributed by atoms with E-state index in [9.17, 15) is 13.2 Å². The van der Waals surface area contributed by atoms with Crippen molar-refractivity contribution in [1.29, 1.82) is 0 Å². The van der Waals surface area contributed by atoms with E-state index in [-0.39, 0.29) is 0 Å². The third-order valence-electron chi connectivity index (χ3n) is 2.36. The predicted molar refractivity (Wildman–Crippen MR) is 74.4 cm³/mol. The zero-order chi connectivity index (χ0) is 14.5. The largest absolute Gasteiger partial charge is 0.416 e. The summed E-state index contributed by atoms with van der Waals surface area (Å²) in [7, 11) is 0. The van der Waals surface area contributed by atoms with Crippen molar-refractivity contribution >= 4 is 11.8 Å². The molecule has 0 aliphatic heterocycles. The Labute approximate surface area is 116 Å². The molecule has 1 aromatic rings. The van der Waals surface area contributed by atoms with Crippen molar-refractivity contribution in [3.05, 3.63) is 42.0 Å². The molecule has 106 valence electrons. The van der Waals surface area contributed by atoms with Crippen molar-refractivity contribution in [2.45, 2.75) is 31.0 Å². The zero-order valence-corrected chi connectivity index (χ0v) is 11.9. The summed E-state index contributed by atoms with van der Waals surface area (Å²) in [6, 6.07) is 5.74. The second-order valence-corrected chi connectivity index (χ2v) is 5.65. The Morgan fingerprint density at radius 3 is 2.63 bits per heavy atom. The van der Waals surface area contributed by atoms with Crippen LogP contribution in [0.2, 0.25) is 0 Å². The van der Waals surface area contributed by atoms with Crippen LogP contribution in [0, 0.1) is 0 Å². The molecule has 0 aliphatic rings. The smallest absolute Gasteiger partial charge is 0.311 e. The minimum absolute atomic E-state index is 0.371. The summed E-state index contributed by atoms with van der Waals surface area (Å²) < 4.78 is 37.6. The van der Waals surface area contributed by atoms with Gasteiger partial charge in [-0.15, -0.1) is 11.8 Å². The van der Waals surface area contributed by atoms with E-state index >= 15 is 0 Å². The summed E-state index contributed by atoms with van der Waals surface area (Å²) in [6.45, 7) is 8.66. The van der Waals surface area contributed by atoms with Crippen LogP contribution in [0.15, 0.2) is 41.3 Å². The molecule has 0 bridgehead atoms. The van der Waals surface area contributed by atoms with Crippen molar-refractivity contribution in [3.8, 4) is 0 Å². The quantitative estimate of drug-likeness (QED) is 0.617. The summed E-state index contributed by atoms with van der Waals surface area (Å²) >= 11 is 1.37. The van der Waals surface area contributed by atoms with Gasteiger partial charge in [-0.1, -0.05) is 32.1 Å². The maximum absolute atomic E-state index is 12.5. The van der Waals surface area contributed by atoms with Gasteiger partial charge in [-0.3, -0.25) is 0 Å². The molecule has 0 saturated heterocycles. The lowest BCUT2D eigenvalue weighted by Gasteiger charge is -2.11. The van der Waals surface area contributed by atoms with Gasteiger partial charge in [0.25, 0.3) is 0 Å². The summed E-state index contributed by atoms with van der Waals surface area (Å²) in [5.74, 6) is 0.612. The first kappa shape index (κ1) is 16.1. The summed E-state index contributed by atoms with van der Waals surface area (Å²) in [4.78, 5) is 0.612. The van der Waals surface area contributed by atoms with Gasteiger partial charge in [-0.2, -0.15) is 13.2 Å². The second kappa shape index (κ2) is 7.01. The van der Waals surface area contributed by atoms with E-state index in [4.69, 9.17) is 0 Å². The molecule has 0 radical (unpaired) electrons. The number of rotatable bonds is 6. The number of nitrogens with one attached hydrogen (secondary N) is 1. The molecule has 19 heavy (non-hydrogen) atoms. The van der Waals surface area contributed by atoms with Gasteiger partial charge < -0.3 is 5.32 Å². The van der Waals surface area contributed by atoms with E-state index in [1.54, 1.807) is 6.07 Å². The Balaban J connectivity index is 2.52. The van der Waals surface area contributed by atoms with Crippen molar-refractivity contribution < 1.29 is 13.2 Å². The van der Waals surface area contributed by atoms with E-state index in [0.717, 1.165) is 11.6 Å². The predicted octanol–water partition coefficient (Wildman–Crippen LogP) is 4.35. The first-order valence-corrected chi connectivity index (χ1v) is 6.97. The third-order valence-corrected chi connectivity index (χ3v) is 3.50. The normalized spacial score (nSPS) is 11.9. The van der Waals surface area contributed by atoms with E-state index in [2.05, 4.69) is 11.9 Å². The highest BCUT2D eigenvalue weighted by molar-refractivity contribution is 7.99. The van der Waals surface area contributed by atoms with Crippen LogP contribution in [0.25, 0.3) is 0 Å². The third kappa shape index (κ3) is 6.16. The standard InChI is InChI=1S/C14H18F3NS/c1-10(2)18-8-11(3)9-19-13-6-4-5-12(7-13)14(15,16)17/h4-7,10,18H,3,8-9H2,1-2H3. The van der Waals surface area contributed by atoms with Gasteiger partial charge in [0, 0.05) is 23.2 Å². The number of benzene rings is 1. The lowest BCUT2D eigenvalue weighted by molar-refractivity contribution is -0.137. The van der Waals surface area contributed by atoms with Gasteiger partial charge in [0.2, 0.25) is 0 Å². The van der Waals surface area contributed by atoms with Crippen LogP contribution >= 0.6 is 11.8 Å². The van der Waals surface area contributed by atoms with Crippen molar-refractivity contribution in [1.82, 2.24) is 5.32 Å². The minimum atomic E-state index is -4.28. The van der Waals surface area contributed by atoms with Gasteiger partial charge in [0.1, 0.15) is 0 Å². The molecular weight excluding hydrogens is 271 g/mol. The molecule has 1 rings (SSSR count). The molecule has 0 heterocycles. The Bertz CT molecular complexity index is 427. The molecule has 0 spiro atoms. The van der Waals surface area contributed by atoms with Crippen LogP contribution in [0.1, 0.15) is 19.4 Å². The molecule has 5 heteroatoms. The Morgan fingerprint density at radius 2 is 2.05 bits per heavy atom. The lowest BCUT2D eigenvalue weighted by Crippen LogP contribution is -2.25. The second-order valence-electron chi connectivity index (χ2n) is 4.60. The van der Waals surface area contributed by atoms with Crippen LogP contribution in [0.3, 0.4) is 0 Å². The van der Waals surface area contributed by atoms with Gasteiger partial charge in [-0.05, 0) is 18.2 Å². The van der Waals surface area contributed by atoms with Crippen LogP contribution in [-0.2, 0) is 6.18 Å². The molecule has 0 saturated carbocycles. The maximum atomic E-state index is 12.5.